The number of alkyl halides is 1. The van der Waals surface area contributed by atoms with E-state index in [4.69, 9.17) is 11.6 Å². The fourth-order valence-electron chi connectivity index (χ4n) is 1.48. The Labute approximate surface area is 125 Å². The third-order valence-electron chi connectivity index (χ3n) is 2.54. The van der Waals surface area contributed by atoms with Gasteiger partial charge in [-0.25, -0.2) is 0 Å². The number of thiophene rings is 1. The molecule has 1 aromatic heterocycles. The Morgan fingerprint density at radius 3 is 2.82 bits per heavy atom. The SMILES string of the molecule is CC(C)(CCCCl)CNC(=O)c1csc(I)c1. The van der Waals surface area contributed by atoms with Gasteiger partial charge in [0.05, 0.1) is 8.45 Å². The third-order valence-corrected chi connectivity index (χ3v) is 4.60. The van der Waals surface area contributed by atoms with Crippen molar-refractivity contribution in [1.82, 2.24) is 5.32 Å². The lowest BCUT2D eigenvalue weighted by Crippen LogP contribution is -2.33. The average Bonchev–Trinajstić information content (AvgIpc) is 2.70. The smallest absolute Gasteiger partial charge is 0.252 e. The summed E-state index contributed by atoms with van der Waals surface area (Å²) in [5.41, 5.74) is 0.862. The van der Waals surface area contributed by atoms with Crippen molar-refractivity contribution in [2.24, 2.45) is 5.41 Å². The van der Waals surface area contributed by atoms with Gasteiger partial charge < -0.3 is 5.32 Å². The van der Waals surface area contributed by atoms with E-state index in [0.717, 1.165) is 21.3 Å². The van der Waals surface area contributed by atoms with Crippen LogP contribution in [-0.4, -0.2) is 18.3 Å². The molecule has 1 aromatic rings. The van der Waals surface area contributed by atoms with Crippen LogP contribution in [-0.2, 0) is 0 Å². The molecule has 0 aromatic carbocycles. The molecular formula is C12H17ClINOS. The van der Waals surface area contributed by atoms with Crippen molar-refractivity contribution in [3.8, 4) is 0 Å². The Morgan fingerprint density at radius 1 is 1.59 bits per heavy atom. The molecule has 0 atom stereocenters. The first-order chi connectivity index (χ1) is 7.94. The predicted molar refractivity (Wildman–Crippen MR) is 83.1 cm³/mol. The second-order valence-electron chi connectivity index (χ2n) is 4.78. The standard InChI is InChI=1S/C12H17ClINOS/c1-12(2,4-3-5-13)8-15-11(16)9-6-10(14)17-7-9/h6-7H,3-5,8H2,1-2H3,(H,15,16). The Hall–Kier alpha value is 0.190. The van der Waals surface area contributed by atoms with Crippen molar-refractivity contribution in [3.63, 3.8) is 0 Å². The zero-order valence-corrected chi connectivity index (χ0v) is 13.8. The van der Waals surface area contributed by atoms with Crippen molar-refractivity contribution in [2.75, 3.05) is 12.4 Å². The highest BCUT2D eigenvalue weighted by atomic mass is 127. The highest BCUT2D eigenvalue weighted by molar-refractivity contribution is 14.1. The van der Waals surface area contributed by atoms with Crippen LogP contribution >= 0.6 is 45.5 Å². The summed E-state index contributed by atoms with van der Waals surface area (Å²) in [6.07, 6.45) is 2.01. The van der Waals surface area contributed by atoms with E-state index in [1.165, 1.54) is 0 Å². The molecule has 1 heterocycles. The fourth-order valence-corrected chi connectivity index (χ4v) is 2.94. The van der Waals surface area contributed by atoms with Crippen LogP contribution < -0.4 is 5.32 Å². The number of hydrogen-bond donors (Lipinski definition) is 1. The van der Waals surface area contributed by atoms with E-state index in [-0.39, 0.29) is 11.3 Å². The summed E-state index contributed by atoms with van der Waals surface area (Å²) < 4.78 is 1.13. The maximum absolute atomic E-state index is 11.8. The van der Waals surface area contributed by atoms with Gasteiger partial charge in [0.2, 0.25) is 0 Å². The molecule has 0 spiro atoms. The molecule has 17 heavy (non-hydrogen) atoms. The zero-order valence-electron chi connectivity index (χ0n) is 10.1. The van der Waals surface area contributed by atoms with Crippen LogP contribution in [0.15, 0.2) is 11.4 Å². The van der Waals surface area contributed by atoms with Crippen LogP contribution in [0.3, 0.4) is 0 Å². The molecule has 1 amide bonds. The Balaban J connectivity index is 2.42. The molecule has 0 aliphatic rings. The molecule has 0 bridgehead atoms. The van der Waals surface area contributed by atoms with E-state index < -0.39 is 0 Å². The molecule has 0 saturated heterocycles. The van der Waals surface area contributed by atoms with E-state index in [0.29, 0.717) is 12.4 Å². The first-order valence-electron chi connectivity index (χ1n) is 5.53. The summed E-state index contributed by atoms with van der Waals surface area (Å²) in [7, 11) is 0. The summed E-state index contributed by atoms with van der Waals surface area (Å²) in [6, 6.07) is 1.91. The normalized spacial score (nSPS) is 11.5. The van der Waals surface area contributed by atoms with Crippen LogP contribution in [0.2, 0.25) is 0 Å². The summed E-state index contributed by atoms with van der Waals surface area (Å²) in [4.78, 5) is 11.8. The van der Waals surface area contributed by atoms with Gasteiger partial charge in [-0.3, -0.25) is 4.79 Å². The average molecular weight is 386 g/mol. The maximum Gasteiger partial charge on any atom is 0.252 e. The molecule has 0 aliphatic heterocycles. The molecule has 96 valence electrons. The highest BCUT2D eigenvalue weighted by Gasteiger charge is 2.19. The van der Waals surface area contributed by atoms with E-state index in [1.54, 1.807) is 11.3 Å². The predicted octanol–water partition coefficient (Wildman–Crippen LogP) is 4.13. The minimum absolute atomic E-state index is 0.0168. The van der Waals surface area contributed by atoms with E-state index in [2.05, 4.69) is 41.8 Å². The molecule has 0 saturated carbocycles. The Bertz CT molecular complexity index is 378. The first kappa shape index (κ1) is 15.2. The fraction of sp³-hybridized carbons (Fsp3) is 0.583. The summed E-state index contributed by atoms with van der Waals surface area (Å²) in [5.74, 6) is 0.697. The second-order valence-corrected chi connectivity index (χ2v) is 7.96. The molecule has 0 unspecified atom stereocenters. The summed E-state index contributed by atoms with van der Waals surface area (Å²) in [6.45, 7) is 4.99. The van der Waals surface area contributed by atoms with E-state index >= 15 is 0 Å². The van der Waals surface area contributed by atoms with Crippen molar-refractivity contribution in [1.29, 1.82) is 0 Å². The molecule has 0 fully saturated rings. The number of amides is 1. The van der Waals surface area contributed by atoms with Crippen LogP contribution in [0.4, 0.5) is 0 Å². The molecule has 1 N–H and O–H groups in total. The highest BCUT2D eigenvalue weighted by Crippen LogP contribution is 2.22. The molecular weight excluding hydrogens is 369 g/mol. The largest absolute Gasteiger partial charge is 0.351 e. The van der Waals surface area contributed by atoms with Gasteiger partial charge in [-0.05, 0) is 46.9 Å². The topological polar surface area (TPSA) is 29.1 Å². The lowest BCUT2D eigenvalue weighted by atomic mass is 9.88. The number of carbonyl (C=O) groups excluding carboxylic acids is 1. The Kier molecular flexibility index (Phi) is 6.23. The van der Waals surface area contributed by atoms with Gasteiger partial charge in [-0.15, -0.1) is 22.9 Å². The molecule has 5 heteroatoms. The van der Waals surface area contributed by atoms with Gasteiger partial charge in [0.1, 0.15) is 0 Å². The monoisotopic (exact) mass is 385 g/mol. The van der Waals surface area contributed by atoms with E-state index in [1.807, 2.05) is 11.4 Å². The second kappa shape index (κ2) is 6.95. The zero-order chi connectivity index (χ0) is 12.9. The van der Waals surface area contributed by atoms with Gasteiger partial charge in [0.15, 0.2) is 0 Å². The van der Waals surface area contributed by atoms with Crippen LogP contribution in [0.1, 0.15) is 37.0 Å². The van der Waals surface area contributed by atoms with Crippen molar-refractivity contribution < 1.29 is 4.79 Å². The summed E-state index contributed by atoms with van der Waals surface area (Å²) in [5, 5.41) is 4.87. The van der Waals surface area contributed by atoms with Gasteiger partial charge in [0.25, 0.3) is 5.91 Å². The molecule has 2 nitrogen and oxygen atoms in total. The first-order valence-corrected chi connectivity index (χ1v) is 8.02. The van der Waals surface area contributed by atoms with Gasteiger partial charge >= 0.3 is 0 Å². The quantitative estimate of drug-likeness (QED) is 0.579. The van der Waals surface area contributed by atoms with Crippen molar-refractivity contribution in [2.45, 2.75) is 26.7 Å². The Morgan fingerprint density at radius 2 is 2.29 bits per heavy atom. The number of halogens is 2. The molecule has 0 aliphatic carbocycles. The van der Waals surface area contributed by atoms with Gasteiger partial charge in [-0.2, -0.15) is 0 Å². The lowest BCUT2D eigenvalue weighted by molar-refractivity contribution is 0.0935. The number of nitrogens with one attached hydrogen (secondary N) is 1. The third kappa shape index (κ3) is 5.57. The number of hydrogen-bond acceptors (Lipinski definition) is 2. The van der Waals surface area contributed by atoms with Crippen LogP contribution in [0.5, 0.6) is 0 Å². The van der Waals surface area contributed by atoms with Crippen LogP contribution in [0.25, 0.3) is 0 Å². The lowest BCUT2D eigenvalue weighted by Gasteiger charge is -2.24. The van der Waals surface area contributed by atoms with Gasteiger partial charge in [0, 0.05) is 17.8 Å². The number of carbonyl (C=O) groups is 1. The minimum Gasteiger partial charge on any atom is -0.351 e. The van der Waals surface area contributed by atoms with Crippen LogP contribution in [0, 0.1) is 8.30 Å². The van der Waals surface area contributed by atoms with Gasteiger partial charge in [-0.1, -0.05) is 13.8 Å². The number of rotatable bonds is 6. The molecule has 0 radical (unpaired) electrons. The van der Waals surface area contributed by atoms with E-state index in [9.17, 15) is 4.79 Å². The molecule has 1 rings (SSSR count). The minimum atomic E-state index is 0.0168. The van der Waals surface area contributed by atoms with Crippen molar-refractivity contribution in [3.05, 3.63) is 19.9 Å². The maximum atomic E-state index is 11.8. The van der Waals surface area contributed by atoms with Crippen molar-refractivity contribution >= 4 is 51.4 Å². The summed E-state index contributed by atoms with van der Waals surface area (Å²) >= 11 is 9.49.